The highest BCUT2D eigenvalue weighted by Crippen LogP contribution is 2.33. The highest BCUT2D eigenvalue weighted by molar-refractivity contribution is 5.77. The highest BCUT2D eigenvalue weighted by Gasteiger charge is 2.37. The summed E-state index contributed by atoms with van der Waals surface area (Å²) in [6.07, 6.45) is -1.22. The first-order valence-corrected chi connectivity index (χ1v) is 5.73. The monoisotopic (exact) mass is 258 g/mol. The Balaban J connectivity index is 2.11. The smallest absolute Gasteiger partial charge is 0.335 e. The lowest BCUT2D eigenvalue weighted by Crippen LogP contribution is -2.33. The second-order valence-corrected chi connectivity index (χ2v) is 4.32. The molecule has 2 rings (SSSR count). The molecule has 1 atom stereocenters. The Hall–Kier alpha value is -1.59. The number of amides is 1. The number of carbonyl (C=O) groups is 1. The van der Waals surface area contributed by atoms with Crippen LogP contribution >= 0.6 is 0 Å². The first kappa shape index (κ1) is 12.9. The molecule has 0 radical (unpaired) electrons. The van der Waals surface area contributed by atoms with Crippen LogP contribution in [0, 0.1) is 0 Å². The zero-order valence-electron chi connectivity index (χ0n) is 9.65. The molecular weight excluding hydrogens is 245 g/mol. The van der Waals surface area contributed by atoms with Gasteiger partial charge in [0.25, 0.3) is 0 Å². The van der Waals surface area contributed by atoms with E-state index in [9.17, 15) is 18.0 Å². The molecule has 0 spiro atoms. The van der Waals surface area contributed by atoms with Crippen molar-refractivity contribution in [3.8, 4) is 0 Å². The van der Waals surface area contributed by atoms with Crippen molar-refractivity contribution in [2.45, 2.75) is 31.5 Å². The fraction of sp³-hybridized carbons (Fsp3) is 0.500. The number of pyridine rings is 1. The van der Waals surface area contributed by atoms with Crippen molar-refractivity contribution in [1.82, 2.24) is 9.88 Å². The van der Waals surface area contributed by atoms with Gasteiger partial charge >= 0.3 is 6.18 Å². The van der Waals surface area contributed by atoms with E-state index in [0.29, 0.717) is 13.0 Å². The van der Waals surface area contributed by atoms with Gasteiger partial charge < -0.3 is 4.90 Å². The third-order valence-electron chi connectivity index (χ3n) is 3.02. The third kappa shape index (κ3) is 3.00. The molecule has 1 aliphatic rings. The van der Waals surface area contributed by atoms with Gasteiger partial charge in [-0.25, -0.2) is 0 Å². The number of nitrogens with zero attached hydrogens (tertiary/aromatic N) is 2. The fourth-order valence-corrected chi connectivity index (χ4v) is 2.27. The van der Waals surface area contributed by atoms with E-state index in [4.69, 9.17) is 0 Å². The summed E-state index contributed by atoms with van der Waals surface area (Å²) in [5, 5.41) is 0. The maximum atomic E-state index is 12.2. The number of carbonyl (C=O) groups excluding carboxylic acids is 1. The topological polar surface area (TPSA) is 33.2 Å². The molecule has 1 aromatic rings. The van der Waals surface area contributed by atoms with Crippen LogP contribution in [0.5, 0.6) is 0 Å². The van der Waals surface area contributed by atoms with Crippen LogP contribution in [0.2, 0.25) is 0 Å². The zero-order valence-corrected chi connectivity index (χ0v) is 9.65. The van der Waals surface area contributed by atoms with Crippen LogP contribution < -0.4 is 0 Å². The molecular formula is C12H13F3N2O. The van der Waals surface area contributed by atoms with E-state index in [1.165, 1.54) is 4.90 Å². The average molecular weight is 258 g/mol. The summed E-state index contributed by atoms with van der Waals surface area (Å²) in [5.41, 5.74) is 0.845. The Morgan fingerprint density at radius 3 is 2.67 bits per heavy atom. The second kappa shape index (κ2) is 4.96. The molecule has 1 aromatic heterocycles. The van der Waals surface area contributed by atoms with Crippen molar-refractivity contribution in [1.29, 1.82) is 0 Å². The van der Waals surface area contributed by atoms with Gasteiger partial charge in [0.05, 0.1) is 6.04 Å². The number of halogens is 3. The van der Waals surface area contributed by atoms with Crippen molar-refractivity contribution in [3.05, 3.63) is 30.1 Å². The predicted octanol–water partition coefficient (Wildman–Crippen LogP) is 2.70. The Kier molecular flexibility index (Phi) is 3.54. The molecule has 0 bridgehead atoms. The molecule has 0 aliphatic carbocycles. The SMILES string of the molecule is O=C(CC(F)(F)F)N1CCCC1c1ccncc1. The van der Waals surface area contributed by atoms with Gasteiger partial charge in [0, 0.05) is 18.9 Å². The quantitative estimate of drug-likeness (QED) is 0.817. The molecule has 1 saturated heterocycles. The van der Waals surface area contributed by atoms with Gasteiger partial charge in [-0.1, -0.05) is 0 Å². The number of hydrogen-bond acceptors (Lipinski definition) is 2. The third-order valence-corrected chi connectivity index (χ3v) is 3.02. The molecule has 98 valence electrons. The van der Waals surface area contributed by atoms with Crippen LogP contribution in [-0.4, -0.2) is 28.5 Å². The summed E-state index contributed by atoms with van der Waals surface area (Å²) in [6, 6.07) is 3.23. The van der Waals surface area contributed by atoms with Crippen molar-refractivity contribution < 1.29 is 18.0 Å². The van der Waals surface area contributed by atoms with E-state index in [1.54, 1.807) is 24.5 Å². The van der Waals surface area contributed by atoms with Crippen molar-refractivity contribution in [2.24, 2.45) is 0 Å². The Labute approximate surface area is 103 Å². The fourth-order valence-electron chi connectivity index (χ4n) is 2.27. The van der Waals surface area contributed by atoms with Crippen molar-refractivity contribution in [2.75, 3.05) is 6.54 Å². The Bertz CT molecular complexity index is 419. The first-order chi connectivity index (χ1) is 8.47. The van der Waals surface area contributed by atoms with Gasteiger partial charge in [0.15, 0.2) is 0 Å². The molecule has 1 unspecified atom stereocenters. The molecule has 1 amide bonds. The molecule has 6 heteroatoms. The molecule has 1 aliphatic heterocycles. The van der Waals surface area contributed by atoms with Crippen LogP contribution in [0.15, 0.2) is 24.5 Å². The van der Waals surface area contributed by atoms with Gasteiger partial charge in [-0.15, -0.1) is 0 Å². The Morgan fingerprint density at radius 1 is 1.39 bits per heavy atom. The number of hydrogen-bond donors (Lipinski definition) is 0. The summed E-state index contributed by atoms with van der Waals surface area (Å²) in [7, 11) is 0. The van der Waals surface area contributed by atoms with Gasteiger partial charge in [0.1, 0.15) is 6.42 Å². The summed E-state index contributed by atoms with van der Waals surface area (Å²) < 4.78 is 36.7. The average Bonchev–Trinajstić information content (AvgIpc) is 2.76. The van der Waals surface area contributed by atoms with E-state index in [1.807, 2.05) is 0 Å². The molecule has 2 heterocycles. The maximum absolute atomic E-state index is 12.2. The second-order valence-electron chi connectivity index (χ2n) is 4.32. The van der Waals surface area contributed by atoms with Crippen LogP contribution in [-0.2, 0) is 4.79 Å². The van der Waals surface area contributed by atoms with Gasteiger partial charge in [-0.05, 0) is 30.5 Å². The van der Waals surface area contributed by atoms with Crippen LogP contribution in [0.3, 0.4) is 0 Å². The zero-order chi connectivity index (χ0) is 13.2. The minimum Gasteiger partial charge on any atom is -0.335 e. The van der Waals surface area contributed by atoms with E-state index in [2.05, 4.69) is 4.98 Å². The van der Waals surface area contributed by atoms with E-state index < -0.39 is 18.5 Å². The lowest BCUT2D eigenvalue weighted by Gasteiger charge is -2.25. The number of alkyl halides is 3. The van der Waals surface area contributed by atoms with Gasteiger partial charge in [-0.2, -0.15) is 13.2 Å². The maximum Gasteiger partial charge on any atom is 0.397 e. The molecule has 18 heavy (non-hydrogen) atoms. The Morgan fingerprint density at radius 2 is 2.06 bits per heavy atom. The van der Waals surface area contributed by atoms with Crippen LogP contribution in [0.1, 0.15) is 30.9 Å². The number of aromatic nitrogens is 1. The van der Waals surface area contributed by atoms with Crippen molar-refractivity contribution >= 4 is 5.91 Å². The van der Waals surface area contributed by atoms with E-state index >= 15 is 0 Å². The lowest BCUT2D eigenvalue weighted by molar-refractivity contribution is -0.162. The van der Waals surface area contributed by atoms with Crippen LogP contribution in [0.25, 0.3) is 0 Å². The molecule has 0 aromatic carbocycles. The summed E-state index contributed by atoms with van der Waals surface area (Å²) in [5.74, 6) is -0.846. The summed E-state index contributed by atoms with van der Waals surface area (Å²) in [6.45, 7) is 0.391. The van der Waals surface area contributed by atoms with Gasteiger partial charge in [-0.3, -0.25) is 9.78 Å². The van der Waals surface area contributed by atoms with Gasteiger partial charge in [0.2, 0.25) is 5.91 Å². The predicted molar refractivity (Wildman–Crippen MR) is 58.6 cm³/mol. The molecule has 1 fully saturated rings. The number of likely N-dealkylation sites (tertiary alicyclic amines) is 1. The molecule has 0 N–H and O–H groups in total. The van der Waals surface area contributed by atoms with Crippen LogP contribution in [0.4, 0.5) is 13.2 Å². The minimum absolute atomic E-state index is 0.247. The standard InChI is InChI=1S/C12H13F3N2O/c13-12(14,15)8-11(18)17-7-1-2-10(17)9-3-5-16-6-4-9/h3-6,10H,1-2,7-8H2. The van der Waals surface area contributed by atoms with E-state index in [-0.39, 0.29) is 6.04 Å². The first-order valence-electron chi connectivity index (χ1n) is 5.73. The lowest BCUT2D eigenvalue weighted by atomic mass is 10.1. The van der Waals surface area contributed by atoms with Crippen molar-refractivity contribution in [3.63, 3.8) is 0 Å². The van der Waals surface area contributed by atoms with E-state index in [0.717, 1.165) is 12.0 Å². The number of rotatable bonds is 2. The normalized spacial score (nSPS) is 20.2. The molecule has 0 saturated carbocycles. The summed E-state index contributed by atoms with van der Waals surface area (Å²) in [4.78, 5) is 16.8. The summed E-state index contributed by atoms with van der Waals surface area (Å²) >= 11 is 0. The molecule has 3 nitrogen and oxygen atoms in total. The highest BCUT2D eigenvalue weighted by atomic mass is 19.4. The minimum atomic E-state index is -4.44. The largest absolute Gasteiger partial charge is 0.397 e.